The van der Waals surface area contributed by atoms with Crippen LogP contribution in [0.1, 0.15) is 82.6 Å². The summed E-state index contributed by atoms with van der Waals surface area (Å²) >= 11 is 0. The summed E-state index contributed by atoms with van der Waals surface area (Å²) in [4.78, 5) is 44.4. The lowest BCUT2D eigenvalue weighted by molar-refractivity contribution is -0.137. The van der Waals surface area contributed by atoms with Gasteiger partial charge in [-0.05, 0) is 57.7 Å². The average Bonchev–Trinajstić information content (AvgIpc) is 3.05. The van der Waals surface area contributed by atoms with Gasteiger partial charge >= 0.3 is 0 Å². The van der Waals surface area contributed by atoms with Gasteiger partial charge in [0, 0.05) is 39.4 Å². The summed E-state index contributed by atoms with van der Waals surface area (Å²) in [5.41, 5.74) is 0.908. The molecule has 1 aliphatic carbocycles. The van der Waals surface area contributed by atoms with Gasteiger partial charge in [0.25, 0.3) is 0 Å². The monoisotopic (exact) mass is 636 g/mol. The molecule has 0 radical (unpaired) electrons. The van der Waals surface area contributed by atoms with E-state index >= 15 is 0 Å². The molecule has 5 atom stereocenters. The van der Waals surface area contributed by atoms with Crippen LogP contribution in [-0.4, -0.2) is 96.3 Å². The van der Waals surface area contributed by atoms with Crippen molar-refractivity contribution in [2.24, 2.45) is 11.8 Å². The maximum Gasteiger partial charge on any atom is 0.242 e. The van der Waals surface area contributed by atoms with E-state index in [-0.39, 0.29) is 25.2 Å². The number of hydrogen-bond donors (Lipinski definition) is 4. The van der Waals surface area contributed by atoms with Crippen LogP contribution in [0, 0.1) is 36.5 Å². The van der Waals surface area contributed by atoms with E-state index in [0.29, 0.717) is 51.1 Å². The molecule has 254 valence electrons. The highest BCUT2D eigenvalue weighted by molar-refractivity contribution is 5.91. The number of likely N-dealkylation sites (N-methyl/N-ethyl adjacent to an activating group) is 2. The summed E-state index contributed by atoms with van der Waals surface area (Å²) in [6.45, 7) is 1.22. The fraction of sp³-hybridized carbons (Fsp3) is 0.649. The second-order valence-electron chi connectivity index (χ2n) is 13.0. The maximum absolute atomic E-state index is 13.8. The SMILES string of the molecule is C#CCCCC(O)C(O)C(CC1CCCCC1)NC(=O)C(CCC#C)NC(=O)C(CC(=O)N(C)CCN(C)C)Cc1ccccc1. The average molecular weight is 637 g/mol. The first-order chi connectivity index (χ1) is 22.0. The Balaban J connectivity index is 2.24. The quantitative estimate of drug-likeness (QED) is 0.129. The van der Waals surface area contributed by atoms with Crippen molar-refractivity contribution < 1.29 is 24.6 Å². The zero-order valence-electron chi connectivity index (χ0n) is 28.1. The second-order valence-corrected chi connectivity index (χ2v) is 13.0. The predicted octanol–water partition coefficient (Wildman–Crippen LogP) is 3.13. The van der Waals surface area contributed by atoms with Crippen LogP contribution in [0.5, 0.6) is 0 Å². The van der Waals surface area contributed by atoms with E-state index in [1.807, 2.05) is 49.3 Å². The van der Waals surface area contributed by atoms with Crippen molar-refractivity contribution in [2.75, 3.05) is 34.2 Å². The van der Waals surface area contributed by atoms with Gasteiger partial charge in [0.05, 0.1) is 24.2 Å². The Morgan fingerprint density at radius 3 is 2.22 bits per heavy atom. The molecular formula is C37H56N4O5. The lowest BCUT2D eigenvalue weighted by Gasteiger charge is -2.33. The predicted molar refractivity (Wildman–Crippen MR) is 182 cm³/mol. The number of rotatable bonds is 20. The van der Waals surface area contributed by atoms with Crippen LogP contribution >= 0.6 is 0 Å². The largest absolute Gasteiger partial charge is 0.390 e. The summed E-state index contributed by atoms with van der Waals surface area (Å²) in [6, 6.07) is 7.82. The van der Waals surface area contributed by atoms with Crippen molar-refractivity contribution in [3.8, 4) is 24.7 Å². The fourth-order valence-electron chi connectivity index (χ4n) is 5.98. The van der Waals surface area contributed by atoms with Crippen LogP contribution in [0.2, 0.25) is 0 Å². The van der Waals surface area contributed by atoms with Crippen molar-refractivity contribution in [3.63, 3.8) is 0 Å². The second kappa shape index (κ2) is 21.4. The highest BCUT2D eigenvalue weighted by atomic mass is 16.3. The minimum Gasteiger partial charge on any atom is -0.390 e. The van der Waals surface area contributed by atoms with Crippen LogP contribution < -0.4 is 10.6 Å². The molecule has 0 aromatic heterocycles. The van der Waals surface area contributed by atoms with E-state index < -0.39 is 42.0 Å². The molecule has 0 aliphatic heterocycles. The lowest BCUT2D eigenvalue weighted by atomic mass is 9.82. The first kappa shape index (κ1) is 38.8. The third-order valence-corrected chi connectivity index (χ3v) is 8.90. The number of benzene rings is 1. The Kier molecular flexibility index (Phi) is 18.1. The molecule has 1 aromatic carbocycles. The number of carbonyl (C=O) groups is 3. The minimum atomic E-state index is -1.19. The summed E-state index contributed by atoms with van der Waals surface area (Å²) in [6.07, 6.45) is 16.7. The van der Waals surface area contributed by atoms with Crippen LogP contribution in [0.4, 0.5) is 0 Å². The van der Waals surface area contributed by atoms with Crippen molar-refractivity contribution in [3.05, 3.63) is 35.9 Å². The third kappa shape index (κ3) is 14.4. The number of carbonyl (C=O) groups excluding carboxylic acids is 3. The van der Waals surface area contributed by atoms with E-state index in [0.717, 1.165) is 31.2 Å². The smallest absolute Gasteiger partial charge is 0.242 e. The van der Waals surface area contributed by atoms with Gasteiger partial charge in [0.1, 0.15) is 6.04 Å². The topological polar surface area (TPSA) is 122 Å². The molecule has 9 heteroatoms. The third-order valence-electron chi connectivity index (χ3n) is 8.90. The van der Waals surface area contributed by atoms with E-state index in [1.165, 1.54) is 6.42 Å². The Hall–Kier alpha value is -3.37. The molecule has 0 spiro atoms. The van der Waals surface area contributed by atoms with E-state index in [1.54, 1.807) is 11.9 Å². The molecule has 0 heterocycles. The van der Waals surface area contributed by atoms with Crippen LogP contribution in [0.3, 0.4) is 0 Å². The normalized spacial score (nSPS) is 16.7. The van der Waals surface area contributed by atoms with Crippen LogP contribution in [-0.2, 0) is 20.8 Å². The molecule has 3 amide bonds. The minimum absolute atomic E-state index is 0.0129. The molecular weight excluding hydrogens is 580 g/mol. The molecule has 0 saturated heterocycles. The molecule has 2 rings (SSSR count). The number of amides is 3. The molecule has 4 N–H and O–H groups in total. The molecule has 1 aliphatic rings. The molecule has 46 heavy (non-hydrogen) atoms. The van der Waals surface area contributed by atoms with Gasteiger partial charge in [-0.25, -0.2) is 0 Å². The van der Waals surface area contributed by atoms with Crippen molar-refractivity contribution >= 4 is 17.7 Å². The van der Waals surface area contributed by atoms with Crippen molar-refractivity contribution in [1.29, 1.82) is 0 Å². The zero-order valence-corrected chi connectivity index (χ0v) is 28.1. The molecule has 0 bridgehead atoms. The van der Waals surface area contributed by atoms with Crippen molar-refractivity contribution in [1.82, 2.24) is 20.4 Å². The molecule has 5 unspecified atom stereocenters. The van der Waals surface area contributed by atoms with Gasteiger partial charge in [-0.3, -0.25) is 14.4 Å². The molecule has 1 saturated carbocycles. The molecule has 9 nitrogen and oxygen atoms in total. The Morgan fingerprint density at radius 2 is 1.59 bits per heavy atom. The first-order valence-corrected chi connectivity index (χ1v) is 16.8. The Morgan fingerprint density at radius 1 is 0.913 bits per heavy atom. The van der Waals surface area contributed by atoms with Gasteiger partial charge in [-0.15, -0.1) is 24.7 Å². The van der Waals surface area contributed by atoms with E-state index in [2.05, 4.69) is 22.5 Å². The van der Waals surface area contributed by atoms with Crippen LogP contribution in [0.25, 0.3) is 0 Å². The highest BCUT2D eigenvalue weighted by Gasteiger charge is 2.34. The summed E-state index contributed by atoms with van der Waals surface area (Å²) in [7, 11) is 5.60. The fourth-order valence-corrected chi connectivity index (χ4v) is 5.98. The number of unbranched alkanes of at least 4 members (excludes halogenated alkanes) is 1. The van der Waals surface area contributed by atoms with Gasteiger partial charge in [-0.2, -0.15) is 0 Å². The summed E-state index contributed by atoms with van der Waals surface area (Å²) in [5, 5.41) is 27.9. The summed E-state index contributed by atoms with van der Waals surface area (Å²) in [5.74, 6) is 3.68. The first-order valence-electron chi connectivity index (χ1n) is 16.8. The van der Waals surface area contributed by atoms with Gasteiger partial charge in [0.15, 0.2) is 0 Å². The van der Waals surface area contributed by atoms with E-state index in [9.17, 15) is 24.6 Å². The number of aliphatic hydroxyl groups is 2. The number of nitrogens with one attached hydrogen (secondary N) is 2. The van der Waals surface area contributed by atoms with Crippen molar-refractivity contribution in [2.45, 2.75) is 108 Å². The Labute approximate surface area is 276 Å². The number of hydrogen-bond acceptors (Lipinski definition) is 6. The lowest BCUT2D eigenvalue weighted by Crippen LogP contribution is -2.56. The number of aliphatic hydroxyl groups excluding tert-OH is 2. The zero-order chi connectivity index (χ0) is 33.9. The maximum atomic E-state index is 13.8. The van der Waals surface area contributed by atoms with Gasteiger partial charge in [0.2, 0.25) is 17.7 Å². The molecule has 1 fully saturated rings. The summed E-state index contributed by atoms with van der Waals surface area (Å²) < 4.78 is 0. The van der Waals surface area contributed by atoms with Gasteiger partial charge in [-0.1, -0.05) is 62.4 Å². The van der Waals surface area contributed by atoms with Crippen LogP contribution in [0.15, 0.2) is 30.3 Å². The highest BCUT2D eigenvalue weighted by Crippen LogP contribution is 2.29. The van der Waals surface area contributed by atoms with E-state index in [4.69, 9.17) is 12.8 Å². The number of nitrogens with zero attached hydrogens (tertiary/aromatic N) is 2. The molecule has 1 aromatic rings. The van der Waals surface area contributed by atoms with Gasteiger partial charge < -0.3 is 30.6 Å². The standard InChI is InChI=1S/C37H56N4O5/c1-6-8-12-22-33(42)35(44)32(26-29-19-15-11-16-20-29)39-37(46)31(21-9-7-2)38-36(45)30(25-28-17-13-10-14-18-28)27-34(43)41(5)24-23-40(3)4/h1-2,10,13-14,17-18,29-33,35,42,44H,8-9,11-12,15-16,19-27H2,3-5H3,(H,38,45)(H,39,46). The Bertz CT molecular complexity index is 1140. The number of terminal acetylenes is 2.